The highest BCUT2D eigenvalue weighted by Crippen LogP contribution is 2.31. The first-order valence-corrected chi connectivity index (χ1v) is 6.33. The van der Waals surface area contributed by atoms with Crippen molar-refractivity contribution in [3.05, 3.63) is 23.8 Å². The highest BCUT2D eigenvalue weighted by atomic mass is 16.5. The molecule has 4 heteroatoms. The van der Waals surface area contributed by atoms with Gasteiger partial charge in [0.2, 0.25) is 0 Å². The van der Waals surface area contributed by atoms with Crippen LogP contribution < -0.4 is 14.8 Å². The van der Waals surface area contributed by atoms with E-state index in [2.05, 4.69) is 5.32 Å². The molecular formula is C14H23NO3. The van der Waals surface area contributed by atoms with Crippen molar-refractivity contribution in [2.75, 3.05) is 20.3 Å². The van der Waals surface area contributed by atoms with Gasteiger partial charge in [0.05, 0.1) is 13.2 Å². The highest BCUT2D eigenvalue weighted by Gasteiger charge is 2.11. The number of benzene rings is 1. The Kier molecular flexibility index (Phi) is 6.54. The van der Waals surface area contributed by atoms with Crippen LogP contribution in [-0.2, 0) is 6.54 Å². The van der Waals surface area contributed by atoms with E-state index in [-0.39, 0.29) is 12.7 Å². The van der Waals surface area contributed by atoms with Gasteiger partial charge < -0.3 is 19.9 Å². The molecule has 102 valence electrons. The monoisotopic (exact) mass is 253 g/mol. The summed E-state index contributed by atoms with van der Waals surface area (Å²) in [5.74, 6) is 1.55. The molecule has 0 amide bonds. The van der Waals surface area contributed by atoms with E-state index in [0.717, 1.165) is 30.0 Å². The lowest BCUT2D eigenvalue weighted by atomic mass is 10.1. The molecule has 1 aromatic rings. The molecule has 1 aromatic carbocycles. The van der Waals surface area contributed by atoms with Crippen LogP contribution in [0, 0.1) is 0 Å². The first kappa shape index (κ1) is 14.8. The Morgan fingerprint density at radius 2 is 2.11 bits per heavy atom. The maximum absolute atomic E-state index is 8.73. The van der Waals surface area contributed by atoms with E-state index >= 15 is 0 Å². The maximum Gasteiger partial charge on any atom is 0.166 e. The molecule has 0 fully saturated rings. The average molecular weight is 253 g/mol. The molecule has 0 saturated heterocycles. The van der Waals surface area contributed by atoms with Gasteiger partial charge in [-0.25, -0.2) is 0 Å². The first-order chi connectivity index (χ1) is 8.69. The third-order valence-electron chi connectivity index (χ3n) is 2.46. The Morgan fingerprint density at radius 1 is 1.33 bits per heavy atom. The van der Waals surface area contributed by atoms with Crippen LogP contribution in [0.2, 0.25) is 0 Å². The van der Waals surface area contributed by atoms with E-state index in [1.165, 1.54) is 0 Å². The zero-order valence-corrected chi connectivity index (χ0v) is 11.4. The molecule has 0 heterocycles. The fourth-order valence-corrected chi connectivity index (χ4v) is 1.66. The van der Waals surface area contributed by atoms with Crippen LogP contribution in [0.4, 0.5) is 0 Å². The van der Waals surface area contributed by atoms with E-state index in [4.69, 9.17) is 14.6 Å². The van der Waals surface area contributed by atoms with E-state index < -0.39 is 0 Å². The van der Waals surface area contributed by atoms with Crippen molar-refractivity contribution in [2.24, 2.45) is 0 Å². The minimum atomic E-state index is 0.109. The minimum absolute atomic E-state index is 0.109. The number of nitrogens with one attached hydrogen (secondary N) is 1. The zero-order chi connectivity index (χ0) is 13.4. The number of aliphatic hydroxyl groups is 1. The molecule has 4 nitrogen and oxygen atoms in total. The second-order valence-corrected chi connectivity index (χ2v) is 4.37. The summed E-state index contributed by atoms with van der Waals surface area (Å²) < 4.78 is 11.1. The van der Waals surface area contributed by atoms with Crippen molar-refractivity contribution in [3.63, 3.8) is 0 Å². The molecule has 0 aliphatic rings. The molecule has 0 bridgehead atoms. The van der Waals surface area contributed by atoms with Gasteiger partial charge in [-0.15, -0.1) is 0 Å². The lowest BCUT2D eigenvalue weighted by Crippen LogP contribution is -2.17. The second kappa shape index (κ2) is 7.95. The molecule has 1 rings (SSSR count). The number of methoxy groups -OCH3 is 1. The molecule has 0 aliphatic carbocycles. The fourth-order valence-electron chi connectivity index (χ4n) is 1.66. The first-order valence-electron chi connectivity index (χ1n) is 6.33. The summed E-state index contributed by atoms with van der Waals surface area (Å²) in [6, 6.07) is 5.87. The Morgan fingerprint density at radius 3 is 2.72 bits per heavy atom. The third-order valence-corrected chi connectivity index (χ3v) is 2.46. The minimum Gasteiger partial charge on any atom is -0.493 e. The summed E-state index contributed by atoms with van der Waals surface area (Å²) in [6.45, 7) is 5.69. The second-order valence-electron chi connectivity index (χ2n) is 4.37. The topological polar surface area (TPSA) is 50.7 Å². The Labute approximate surface area is 109 Å². The van der Waals surface area contributed by atoms with Gasteiger partial charge in [-0.3, -0.25) is 0 Å². The van der Waals surface area contributed by atoms with Gasteiger partial charge >= 0.3 is 0 Å². The van der Waals surface area contributed by atoms with E-state index in [0.29, 0.717) is 6.54 Å². The molecule has 0 aromatic heterocycles. The Bertz CT molecular complexity index is 353. The smallest absolute Gasteiger partial charge is 0.166 e. The summed E-state index contributed by atoms with van der Waals surface area (Å²) >= 11 is 0. The third kappa shape index (κ3) is 4.55. The van der Waals surface area contributed by atoms with Gasteiger partial charge in [0.15, 0.2) is 11.5 Å². The molecule has 0 atom stereocenters. The largest absolute Gasteiger partial charge is 0.493 e. The van der Waals surface area contributed by atoms with Crippen molar-refractivity contribution in [1.29, 1.82) is 0 Å². The number of ether oxygens (including phenoxy) is 2. The van der Waals surface area contributed by atoms with Crippen molar-refractivity contribution in [2.45, 2.75) is 32.9 Å². The summed E-state index contributed by atoms with van der Waals surface area (Å²) in [6.07, 6.45) is 0.863. The van der Waals surface area contributed by atoms with Gasteiger partial charge in [-0.1, -0.05) is 12.1 Å². The van der Waals surface area contributed by atoms with E-state index in [1.807, 2.05) is 32.0 Å². The van der Waals surface area contributed by atoms with Crippen molar-refractivity contribution < 1.29 is 14.6 Å². The van der Waals surface area contributed by atoms with Gasteiger partial charge in [-0.2, -0.15) is 0 Å². The van der Waals surface area contributed by atoms with Crippen LogP contribution in [0.1, 0.15) is 25.8 Å². The normalized spacial score (nSPS) is 10.7. The van der Waals surface area contributed by atoms with Crippen molar-refractivity contribution in [1.82, 2.24) is 5.32 Å². The van der Waals surface area contributed by atoms with Crippen LogP contribution in [0.15, 0.2) is 18.2 Å². The molecule has 0 spiro atoms. The van der Waals surface area contributed by atoms with Crippen LogP contribution in [-0.4, -0.2) is 31.5 Å². The predicted molar refractivity (Wildman–Crippen MR) is 72.2 cm³/mol. The number of rotatable bonds is 8. The lowest BCUT2D eigenvalue weighted by molar-refractivity contribution is 0.227. The van der Waals surface area contributed by atoms with Gasteiger partial charge in [-0.05, 0) is 32.9 Å². The Balaban J connectivity index is 2.75. The van der Waals surface area contributed by atoms with Crippen LogP contribution in [0.5, 0.6) is 11.5 Å². The lowest BCUT2D eigenvalue weighted by Gasteiger charge is -2.17. The zero-order valence-electron chi connectivity index (χ0n) is 11.4. The standard InChI is InChI=1S/C14H23NO3/c1-11(2)18-14-12(10-15-8-5-9-16)6-4-7-13(14)17-3/h4,6-7,11,15-16H,5,8-10H2,1-3H3. The van der Waals surface area contributed by atoms with E-state index in [9.17, 15) is 0 Å². The number of aliphatic hydroxyl groups excluding tert-OH is 1. The number of hydrogen-bond donors (Lipinski definition) is 2. The van der Waals surface area contributed by atoms with Crippen molar-refractivity contribution >= 4 is 0 Å². The molecule has 0 aliphatic heterocycles. The van der Waals surface area contributed by atoms with Gasteiger partial charge in [0, 0.05) is 18.7 Å². The quantitative estimate of drug-likeness (QED) is 0.695. The number of para-hydroxylation sites is 1. The van der Waals surface area contributed by atoms with Gasteiger partial charge in [0.1, 0.15) is 0 Å². The van der Waals surface area contributed by atoms with Crippen LogP contribution >= 0.6 is 0 Å². The molecule has 18 heavy (non-hydrogen) atoms. The van der Waals surface area contributed by atoms with Crippen LogP contribution in [0.25, 0.3) is 0 Å². The fraction of sp³-hybridized carbons (Fsp3) is 0.571. The SMILES string of the molecule is COc1cccc(CNCCCO)c1OC(C)C. The summed E-state index contributed by atoms with van der Waals surface area (Å²) in [7, 11) is 1.64. The molecule has 0 saturated carbocycles. The molecule has 0 radical (unpaired) electrons. The summed E-state index contributed by atoms with van der Waals surface area (Å²) in [5.41, 5.74) is 1.07. The van der Waals surface area contributed by atoms with E-state index in [1.54, 1.807) is 7.11 Å². The highest BCUT2D eigenvalue weighted by molar-refractivity contribution is 5.46. The summed E-state index contributed by atoms with van der Waals surface area (Å²) in [4.78, 5) is 0. The van der Waals surface area contributed by atoms with Crippen molar-refractivity contribution in [3.8, 4) is 11.5 Å². The maximum atomic E-state index is 8.73. The number of hydrogen-bond acceptors (Lipinski definition) is 4. The summed E-state index contributed by atoms with van der Waals surface area (Å²) in [5, 5.41) is 12.0. The van der Waals surface area contributed by atoms with Crippen LogP contribution in [0.3, 0.4) is 0 Å². The molecule has 0 unspecified atom stereocenters. The van der Waals surface area contributed by atoms with Gasteiger partial charge in [0.25, 0.3) is 0 Å². The molecule has 2 N–H and O–H groups in total. The molecular weight excluding hydrogens is 230 g/mol. The average Bonchev–Trinajstić information content (AvgIpc) is 2.35. The predicted octanol–water partition coefficient (Wildman–Crippen LogP) is 1.95. The Hall–Kier alpha value is -1.26.